The summed E-state index contributed by atoms with van der Waals surface area (Å²) in [5.74, 6) is -1.07. The Kier molecular flexibility index (Phi) is 4.88. The molecule has 1 aliphatic rings. The largest absolute Gasteiger partial charge is 0.319 e. The van der Waals surface area contributed by atoms with Gasteiger partial charge >= 0.3 is 0 Å². The average molecular weight is 268 g/mol. The van der Waals surface area contributed by atoms with Gasteiger partial charge < -0.3 is 5.32 Å². The number of benzene rings is 1. The second kappa shape index (κ2) is 6.44. The maximum atomic E-state index is 13.5. The van der Waals surface area contributed by atoms with Crippen LogP contribution >= 0.6 is 0 Å². The quantitative estimate of drug-likeness (QED) is 0.903. The number of nitrogens with one attached hydrogen (secondary N) is 1. The van der Waals surface area contributed by atoms with E-state index in [1.165, 1.54) is 18.6 Å². The minimum Gasteiger partial charge on any atom is -0.319 e. The summed E-state index contributed by atoms with van der Waals surface area (Å²) in [6, 6.07) is 4.50. The van der Waals surface area contributed by atoms with Crippen molar-refractivity contribution < 1.29 is 8.78 Å². The maximum Gasteiger partial charge on any atom is 0.159 e. The van der Waals surface area contributed by atoms with Crippen LogP contribution in [0.15, 0.2) is 18.2 Å². The Morgan fingerprint density at radius 3 is 2.74 bits per heavy atom. The van der Waals surface area contributed by atoms with Crippen LogP contribution in [-0.2, 0) is 0 Å². The van der Waals surface area contributed by atoms with Crippen LogP contribution in [0.4, 0.5) is 8.78 Å². The van der Waals surface area contributed by atoms with Gasteiger partial charge in [0.1, 0.15) is 0 Å². The van der Waals surface area contributed by atoms with Gasteiger partial charge in [-0.05, 0) is 63.1 Å². The van der Waals surface area contributed by atoms with Gasteiger partial charge in [-0.2, -0.15) is 0 Å². The number of halogens is 2. The number of piperidine rings is 1. The molecule has 1 N–H and O–H groups in total. The minimum absolute atomic E-state index is 0.182. The first-order valence-corrected chi connectivity index (χ1v) is 7.01. The summed E-state index contributed by atoms with van der Waals surface area (Å²) in [4.78, 5) is 2.36. The average Bonchev–Trinajstić information content (AvgIpc) is 2.42. The normalized spacial score (nSPS) is 24.6. The van der Waals surface area contributed by atoms with Gasteiger partial charge in [0.05, 0.1) is 0 Å². The Labute approximate surface area is 113 Å². The number of nitrogens with zero attached hydrogens (tertiary/aromatic N) is 1. The molecule has 2 rings (SSSR count). The van der Waals surface area contributed by atoms with Crippen molar-refractivity contribution in [1.82, 2.24) is 10.2 Å². The second-order valence-corrected chi connectivity index (χ2v) is 5.21. The molecule has 2 unspecified atom stereocenters. The van der Waals surface area contributed by atoms with Gasteiger partial charge in [0.15, 0.2) is 11.6 Å². The number of rotatable bonds is 4. The van der Waals surface area contributed by atoms with Crippen molar-refractivity contribution in [2.45, 2.75) is 25.8 Å². The molecular weight excluding hydrogens is 246 g/mol. The molecule has 0 spiro atoms. The van der Waals surface area contributed by atoms with Crippen molar-refractivity contribution in [3.63, 3.8) is 0 Å². The molecule has 0 bridgehead atoms. The van der Waals surface area contributed by atoms with Crippen molar-refractivity contribution in [1.29, 1.82) is 0 Å². The van der Waals surface area contributed by atoms with E-state index in [1.54, 1.807) is 6.07 Å². The molecule has 1 heterocycles. The molecule has 19 heavy (non-hydrogen) atoms. The van der Waals surface area contributed by atoms with Crippen LogP contribution in [0.2, 0.25) is 0 Å². The van der Waals surface area contributed by atoms with E-state index in [1.807, 2.05) is 7.05 Å². The highest BCUT2D eigenvalue weighted by atomic mass is 19.2. The molecule has 0 radical (unpaired) electrons. The molecule has 1 saturated heterocycles. The van der Waals surface area contributed by atoms with Gasteiger partial charge in [0.25, 0.3) is 0 Å². The van der Waals surface area contributed by atoms with E-state index in [0.29, 0.717) is 5.92 Å². The molecule has 0 amide bonds. The highest BCUT2D eigenvalue weighted by molar-refractivity contribution is 5.23. The third kappa shape index (κ3) is 3.12. The molecule has 1 fully saturated rings. The van der Waals surface area contributed by atoms with E-state index >= 15 is 0 Å². The molecule has 0 aliphatic carbocycles. The third-order valence-corrected chi connectivity index (χ3v) is 4.02. The maximum absolute atomic E-state index is 13.5. The van der Waals surface area contributed by atoms with Crippen LogP contribution in [0.25, 0.3) is 0 Å². The van der Waals surface area contributed by atoms with Gasteiger partial charge in [-0.3, -0.25) is 4.90 Å². The first-order valence-electron chi connectivity index (χ1n) is 7.01. The molecule has 1 aromatic rings. The fraction of sp³-hybridized carbons (Fsp3) is 0.600. The van der Waals surface area contributed by atoms with Crippen LogP contribution in [0.3, 0.4) is 0 Å². The number of likely N-dealkylation sites (tertiary alicyclic amines) is 1. The Hall–Kier alpha value is -1.00. The van der Waals surface area contributed by atoms with E-state index in [2.05, 4.69) is 17.1 Å². The van der Waals surface area contributed by atoms with Gasteiger partial charge in [0, 0.05) is 6.04 Å². The zero-order valence-corrected chi connectivity index (χ0v) is 11.6. The predicted octanol–water partition coefficient (Wildman–Crippen LogP) is 2.96. The highest BCUT2D eigenvalue weighted by Crippen LogP contribution is 2.35. The van der Waals surface area contributed by atoms with E-state index in [0.717, 1.165) is 31.6 Å². The summed E-state index contributed by atoms with van der Waals surface area (Å²) in [6.07, 6.45) is 2.29. The van der Waals surface area contributed by atoms with E-state index in [4.69, 9.17) is 0 Å². The van der Waals surface area contributed by atoms with Crippen molar-refractivity contribution in [2.75, 3.05) is 26.7 Å². The van der Waals surface area contributed by atoms with Crippen molar-refractivity contribution in [3.8, 4) is 0 Å². The van der Waals surface area contributed by atoms with Crippen molar-refractivity contribution >= 4 is 0 Å². The van der Waals surface area contributed by atoms with Gasteiger partial charge in [-0.15, -0.1) is 0 Å². The first kappa shape index (κ1) is 14.4. The zero-order chi connectivity index (χ0) is 13.8. The van der Waals surface area contributed by atoms with Crippen LogP contribution in [-0.4, -0.2) is 31.6 Å². The summed E-state index contributed by atoms with van der Waals surface area (Å²) in [5, 5.41) is 3.21. The summed E-state index contributed by atoms with van der Waals surface area (Å²) in [5.41, 5.74) is 0.890. The van der Waals surface area contributed by atoms with E-state index < -0.39 is 11.6 Å². The molecule has 2 atom stereocenters. The molecule has 0 aromatic heterocycles. The molecule has 4 heteroatoms. The minimum atomic E-state index is -0.771. The lowest BCUT2D eigenvalue weighted by Gasteiger charge is -2.41. The van der Waals surface area contributed by atoms with E-state index in [9.17, 15) is 8.78 Å². The van der Waals surface area contributed by atoms with Crippen molar-refractivity contribution in [3.05, 3.63) is 35.4 Å². The topological polar surface area (TPSA) is 15.3 Å². The SMILES string of the molecule is CCN1CCCC(CNC)C1c1ccc(F)c(F)c1. The molecule has 1 aliphatic heterocycles. The Morgan fingerprint density at radius 1 is 1.32 bits per heavy atom. The van der Waals surface area contributed by atoms with E-state index in [-0.39, 0.29) is 6.04 Å². The van der Waals surface area contributed by atoms with Crippen molar-refractivity contribution in [2.24, 2.45) is 5.92 Å². The Morgan fingerprint density at radius 2 is 2.11 bits per heavy atom. The van der Waals surface area contributed by atoms with Gasteiger partial charge in [-0.25, -0.2) is 8.78 Å². The zero-order valence-electron chi connectivity index (χ0n) is 11.6. The third-order valence-electron chi connectivity index (χ3n) is 4.02. The number of hydrogen-bond acceptors (Lipinski definition) is 2. The molecule has 0 saturated carbocycles. The number of hydrogen-bond donors (Lipinski definition) is 1. The van der Waals surface area contributed by atoms with Crippen LogP contribution in [0, 0.1) is 17.6 Å². The smallest absolute Gasteiger partial charge is 0.159 e. The molecular formula is C15H22F2N2. The lowest BCUT2D eigenvalue weighted by Crippen LogP contribution is -2.42. The standard InChI is InChI=1S/C15H22F2N2/c1-3-19-8-4-5-12(10-18-2)15(19)11-6-7-13(16)14(17)9-11/h6-7,9,12,15,18H,3-5,8,10H2,1-2H3. The van der Waals surface area contributed by atoms with Crippen LogP contribution in [0.1, 0.15) is 31.4 Å². The Bertz CT molecular complexity index is 421. The lowest BCUT2D eigenvalue weighted by atomic mass is 9.84. The monoisotopic (exact) mass is 268 g/mol. The fourth-order valence-electron chi connectivity index (χ4n) is 3.16. The van der Waals surface area contributed by atoms with Gasteiger partial charge in [-0.1, -0.05) is 13.0 Å². The molecule has 2 nitrogen and oxygen atoms in total. The molecule has 106 valence electrons. The summed E-state index contributed by atoms with van der Waals surface area (Å²) in [6.45, 7) is 4.99. The molecule has 1 aromatic carbocycles. The summed E-state index contributed by atoms with van der Waals surface area (Å²) < 4.78 is 26.6. The summed E-state index contributed by atoms with van der Waals surface area (Å²) in [7, 11) is 1.94. The van der Waals surface area contributed by atoms with Crippen LogP contribution in [0.5, 0.6) is 0 Å². The van der Waals surface area contributed by atoms with Crippen LogP contribution < -0.4 is 5.32 Å². The lowest BCUT2D eigenvalue weighted by molar-refractivity contribution is 0.0979. The summed E-state index contributed by atoms with van der Waals surface area (Å²) >= 11 is 0. The fourth-order valence-corrected chi connectivity index (χ4v) is 3.16. The Balaban J connectivity index is 2.30. The predicted molar refractivity (Wildman–Crippen MR) is 73.0 cm³/mol. The highest BCUT2D eigenvalue weighted by Gasteiger charge is 2.31. The second-order valence-electron chi connectivity index (χ2n) is 5.21. The van der Waals surface area contributed by atoms with Gasteiger partial charge in [0.2, 0.25) is 0 Å². The first-order chi connectivity index (χ1) is 9.17.